The molecule has 0 aliphatic carbocycles. The Bertz CT molecular complexity index is 88.7. The second-order valence-corrected chi connectivity index (χ2v) is 3.04. The summed E-state index contributed by atoms with van der Waals surface area (Å²) in [6, 6.07) is 0. The van der Waals surface area contributed by atoms with Crippen molar-refractivity contribution in [1.82, 2.24) is 0 Å². The summed E-state index contributed by atoms with van der Waals surface area (Å²) in [6.07, 6.45) is 5.35. The summed E-state index contributed by atoms with van der Waals surface area (Å²) in [5.74, 6) is 0.853. The van der Waals surface area contributed by atoms with Crippen LogP contribution in [-0.4, -0.2) is 12.7 Å². The number of ether oxygens (including phenoxy) is 1. The minimum atomic E-state index is 0.576. The lowest BCUT2D eigenvalue weighted by atomic mass is 9.91. The topological polar surface area (TPSA) is 9.23 Å². The molecule has 1 heterocycles. The monoisotopic (exact) mass is 141 g/mol. The van der Waals surface area contributed by atoms with Gasteiger partial charge >= 0.3 is 0 Å². The van der Waals surface area contributed by atoms with Crippen LogP contribution in [0.5, 0.6) is 0 Å². The van der Waals surface area contributed by atoms with Crippen molar-refractivity contribution >= 4 is 0 Å². The molecule has 1 aliphatic rings. The maximum absolute atomic E-state index is 5.41. The zero-order chi connectivity index (χ0) is 7.40. The van der Waals surface area contributed by atoms with Crippen molar-refractivity contribution < 1.29 is 4.74 Å². The molecule has 1 heteroatoms. The van der Waals surface area contributed by atoms with Crippen molar-refractivity contribution in [3.63, 3.8) is 0 Å². The fourth-order valence-electron chi connectivity index (χ4n) is 1.41. The van der Waals surface area contributed by atoms with E-state index in [1.165, 1.54) is 19.3 Å². The Morgan fingerprint density at radius 1 is 1.60 bits per heavy atom. The molecule has 0 aromatic heterocycles. The van der Waals surface area contributed by atoms with Crippen LogP contribution >= 0.6 is 0 Å². The lowest BCUT2D eigenvalue weighted by molar-refractivity contribution is -0.119. The maximum Gasteiger partial charge on any atom is 0.0625 e. The van der Waals surface area contributed by atoms with Gasteiger partial charge in [0.2, 0.25) is 0 Å². The van der Waals surface area contributed by atoms with Crippen molar-refractivity contribution in [2.75, 3.05) is 6.61 Å². The van der Waals surface area contributed by atoms with Gasteiger partial charge in [-0.15, -0.1) is 0 Å². The largest absolute Gasteiger partial charge is 0.377 e. The Morgan fingerprint density at radius 3 is 2.80 bits per heavy atom. The lowest BCUT2D eigenvalue weighted by Crippen LogP contribution is -2.38. The zero-order valence-electron chi connectivity index (χ0n) is 6.81. The molecule has 2 atom stereocenters. The molecular weight excluding hydrogens is 124 g/mol. The predicted molar refractivity (Wildman–Crippen MR) is 42.7 cm³/mol. The van der Waals surface area contributed by atoms with E-state index < -0.39 is 0 Å². The van der Waals surface area contributed by atoms with Crippen LogP contribution in [0.25, 0.3) is 0 Å². The second-order valence-electron chi connectivity index (χ2n) is 3.04. The molecular formula is C9H17O. The fourth-order valence-corrected chi connectivity index (χ4v) is 1.41. The van der Waals surface area contributed by atoms with Crippen LogP contribution in [0.4, 0.5) is 0 Å². The summed E-state index contributed by atoms with van der Waals surface area (Å²) in [5.41, 5.74) is 0. The SMILES string of the molecule is [CH2]CCCC1OCC1CC. The molecule has 1 aliphatic heterocycles. The van der Waals surface area contributed by atoms with Gasteiger partial charge in [0.15, 0.2) is 0 Å². The number of rotatable bonds is 4. The maximum atomic E-state index is 5.41. The third-order valence-electron chi connectivity index (χ3n) is 2.31. The van der Waals surface area contributed by atoms with E-state index in [1.807, 2.05) is 0 Å². The number of unbranched alkanes of at least 4 members (excludes halogenated alkanes) is 1. The van der Waals surface area contributed by atoms with Crippen LogP contribution in [-0.2, 0) is 4.74 Å². The van der Waals surface area contributed by atoms with Crippen LogP contribution < -0.4 is 0 Å². The van der Waals surface area contributed by atoms with Gasteiger partial charge < -0.3 is 4.74 Å². The molecule has 59 valence electrons. The summed E-state index contributed by atoms with van der Waals surface area (Å²) in [6.45, 7) is 7.05. The standard InChI is InChI=1S/C9H17O/c1-3-5-6-9-8(4-2)7-10-9/h8-9H,1,3-7H2,2H3. The summed E-state index contributed by atoms with van der Waals surface area (Å²) >= 11 is 0. The Kier molecular flexibility index (Phi) is 3.20. The third kappa shape index (κ3) is 1.72. The summed E-state index contributed by atoms with van der Waals surface area (Å²) in [7, 11) is 0. The summed E-state index contributed by atoms with van der Waals surface area (Å²) in [4.78, 5) is 0. The first-order chi connectivity index (χ1) is 4.88. The van der Waals surface area contributed by atoms with Gasteiger partial charge in [-0.05, 0) is 12.8 Å². The first kappa shape index (κ1) is 8.06. The first-order valence-electron chi connectivity index (χ1n) is 4.29. The molecule has 0 aromatic carbocycles. The molecule has 1 fully saturated rings. The van der Waals surface area contributed by atoms with Crippen molar-refractivity contribution in [2.24, 2.45) is 5.92 Å². The molecule has 10 heavy (non-hydrogen) atoms. The molecule has 0 amide bonds. The van der Waals surface area contributed by atoms with Gasteiger partial charge in [0, 0.05) is 5.92 Å². The van der Waals surface area contributed by atoms with Gasteiger partial charge in [-0.3, -0.25) is 0 Å². The smallest absolute Gasteiger partial charge is 0.0625 e. The van der Waals surface area contributed by atoms with Gasteiger partial charge in [0.1, 0.15) is 0 Å². The average Bonchev–Trinajstić information content (AvgIpc) is 1.88. The van der Waals surface area contributed by atoms with E-state index in [0.29, 0.717) is 6.10 Å². The van der Waals surface area contributed by atoms with Gasteiger partial charge in [0.05, 0.1) is 12.7 Å². The highest BCUT2D eigenvalue weighted by Crippen LogP contribution is 2.27. The average molecular weight is 141 g/mol. The molecule has 0 saturated carbocycles. The molecule has 1 radical (unpaired) electrons. The first-order valence-corrected chi connectivity index (χ1v) is 4.29. The van der Waals surface area contributed by atoms with E-state index in [4.69, 9.17) is 4.74 Å². The molecule has 1 nitrogen and oxygen atoms in total. The molecule has 1 saturated heterocycles. The highest BCUT2D eigenvalue weighted by molar-refractivity contribution is 4.77. The van der Waals surface area contributed by atoms with Gasteiger partial charge in [0.25, 0.3) is 0 Å². The van der Waals surface area contributed by atoms with E-state index in [0.717, 1.165) is 18.9 Å². The minimum absolute atomic E-state index is 0.576. The molecule has 0 spiro atoms. The second kappa shape index (κ2) is 3.97. The third-order valence-corrected chi connectivity index (χ3v) is 2.31. The molecule has 1 rings (SSSR count). The predicted octanol–water partition coefficient (Wildman–Crippen LogP) is 2.42. The van der Waals surface area contributed by atoms with Crippen LogP contribution in [0.1, 0.15) is 32.6 Å². The number of hydrogen-bond donors (Lipinski definition) is 0. The van der Waals surface area contributed by atoms with Crippen LogP contribution in [0, 0.1) is 12.8 Å². The minimum Gasteiger partial charge on any atom is -0.377 e. The Balaban J connectivity index is 2.05. The van der Waals surface area contributed by atoms with Crippen molar-refractivity contribution in [3.8, 4) is 0 Å². The summed E-state index contributed by atoms with van der Waals surface area (Å²) in [5, 5.41) is 0. The zero-order valence-corrected chi connectivity index (χ0v) is 6.81. The van der Waals surface area contributed by atoms with E-state index in [2.05, 4.69) is 13.8 Å². The lowest BCUT2D eigenvalue weighted by Gasteiger charge is -2.36. The molecule has 2 unspecified atom stereocenters. The Hall–Kier alpha value is -0.0400. The van der Waals surface area contributed by atoms with Crippen molar-refractivity contribution in [1.29, 1.82) is 0 Å². The van der Waals surface area contributed by atoms with E-state index in [9.17, 15) is 0 Å². The van der Waals surface area contributed by atoms with Gasteiger partial charge in [-0.1, -0.05) is 26.7 Å². The van der Waals surface area contributed by atoms with Gasteiger partial charge in [-0.25, -0.2) is 0 Å². The quantitative estimate of drug-likeness (QED) is 0.584. The normalized spacial score (nSPS) is 31.8. The molecule has 0 N–H and O–H groups in total. The van der Waals surface area contributed by atoms with Gasteiger partial charge in [-0.2, -0.15) is 0 Å². The highest BCUT2D eigenvalue weighted by Gasteiger charge is 2.29. The van der Waals surface area contributed by atoms with Crippen LogP contribution in [0.15, 0.2) is 0 Å². The van der Waals surface area contributed by atoms with E-state index in [1.54, 1.807) is 0 Å². The fraction of sp³-hybridized carbons (Fsp3) is 0.889. The van der Waals surface area contributed by atoms with E-state index >= 15 is 0 Å². The van der Waals surface area contributed by atoms with Crippen LogP contribution in [0.2, 0.25) is 0 Å². The van der Waals surface area contributed by atoms with Crippen molar-refractivity contribution in [3.05, 3.63) is 6.92 Å². The van der Waals surface area contributed by atoms with Crippen molar-refractivity contribution in [2.45, 2.75) is 38.7 Å². The highest BCUT2D eigenvalue weighted by atomic mass is 16.5. The summed E-state index contributed by atoms with van der Waals surface area (Å²) < 4.78 is 5.41. The molecule has 0 aromatic rings. The number of hydrogen-bond acceptors (Lipinski definition) is 1. The molecule has 0 bridgehead atoms. The van der Waals surface area contributed by atoms with Crippen LogP contribution in [0.3, 0.4) is 0 Å². The Labute approximate surface area is 63.8 Å². The Morgan fingerprint density at radius 2 is 2.40 bits per heavy atom. The van der Waals surface area contributed by atoms with E-state index in [-0.39, 0.29) is 0 Å².